The summed E-state index contributed by atoms with van der Waals surface area (Å²) in [7, 11) is 0. The van der Waals surface area contributed by atoms with Crippen molar-refractivity contribution in [2.45, 2.75) is 19.3 Å². The van der Waals surface area contributed by atoms with Crippen LogP contribution in [0.25, 0.3) is 0 Å². The zero-order valence-electron chi connectivity index (χ0n) is 5.70. The van der Waals surface area contributed by atoms with Gasteiger partial charge in [-0.05, 0) is 25.3 Å². The van der Waals surface area contributed by atoms with Gasteiger partial charge in [-0.2, -0.15) is 0 Å². The fraction of sp³-hybridized carbons (Fsp3) is 1.00. The van der Waals surface area contributed by atoms with Crippen molar-refractivity contribution in [2.75, 3.05) is 18.4 Å². The minimum atomic E-state index is 1.00. The fourth-order valence-electron chi connectivity index (χ4n) is 1.07. The van der Waals surface area contributed by atoms with Gasteiger partial charge < -0.3 is 5.32 Å². The lowest BCUT2D eigenvalue weighted by atomic mass is 9.85. The van der Waals surface area contributed by atoms with Crippen molar-refractivity contribution in [3.63, 3.8) is 0 Å². The third-order valence-corrected chi connectivity index (χ3v) is 2.33. The van der Waals surface area contributed by atoms with E-state index in [1.54, 1.807) is 0 Å². The number of alkyl halides is 1. The van der Waals surface area contributed by atoms with E-state index in [1.165, 1.54) is 25.8 Å². The normalized spacial score (nSPS) is 19.7. The molecule has 9 heavy (non-hydrogen) atoms. The van der Waals surface area contributed by atoms with E-state index in [1.807, 2.05) is 0 Å². The van der Waals surface area contributed by atoms with E-state index in [2.05, 4.69) is 21.2 Å². The molecule has 0 aromatic heterocycles. The average Bonchev–Trinajstić information content (AvgIpc) is 1.76. The lowest BCUT2D eigenvalue weighted by molar-refractivity contribution is 0.304. The summed E-state index contributed by atoms with van der Waals surface area (Å²) >= 11 is 3.38. The van der Waals surface area contributed by atoms with Crippen LogP contribution in [-0.2, 0) is 0 Å². The Morgan fingerprint density at radius 3 is 2.67 bits per heavy atom. The van der Waals surface area contributed by atoms with Crippen molar-refractivity contribution in [1.82, 2.24) is 5.32 Å². The molecule has 0 atom stereocenters. The first kappa shape index (κ1) is 7.55. The van der Waals surface area contributed by atoms with Gasteiger partial charge in [-0.3, -0.25) is 0 Å². The second-order valence-corrected chi connectivity index (χ2v) is 3.48. The van der Waals surface area contributed by atoms with E-state index >= 15 is 0 Å². The molecule has 1 fully saturated rings. The number of nitrogens with one attached hydrogen (secondary N) is 1. The third-order valence-electron chi connectivity index (χ3n) is 1.93. The Morgan fingerprint density at radius 1 is 1.44 bits per heavy atom. The van der Waals surface area contributed by atoms with Crippen molar-refractivity contribution in [3.05, 3.63) is 0 Å². The Bertz CT molecular complexity index is 71.3. The number of hydrogen-bond acceptors (Lipinski definition) is 1. The Kier molecular flexibility index (Phi) is 3.59. The minimum absolute atomic E-state index is 1.00. The molecule has 0 aliphatic heterocycles. The monoisotopic (exact) mass is 191 g/mol. The van der Waals surface area contributed by atoms with E-state index in [0.717, 1.165) is 17.8 Å². The average molecular weight is 192 g/mol. The summed E-state index contributed by atoms with van der Waals surface area (Å²) in [5.74, 6) is 1.00. The zero-order valence-corrected chi connectivity index (χ0v) is 7.28. The zero-order chi connectivity index (χ0) is 6.53. The number of halogens is 1. The molecular formula is C7H14BrN. The fourth-order valence-corrected chi connectivity index (χ4v) is 1.35. The molecule has 1 rings (SSSR count). The molecule has 1 N–H and O–H groups in total. The standard InChI is InChI=1S/C7H14BrN/c8-4-5-9-6-7-2-1-3-7/h7,9H,1-6H2. The van der Waals surface area contributed by atoms with E-state index in [4.69, 9.17) is 0 Å². The smallest absolute Gasteiger partial charge is 0.0157 e. The maximum Gasteiger partial charge on any atom is 0.0157 e. The van der Waals surface area contributed by atoms with Gasteiger partial charge >= 0.3 is 0 Å². The minimum Gasteiger partial charge on any atom is -0.316 e. The molecule has 0 saturated heterocycles. The van der Waals surface area contributed by atoms with Crippen LogP contribution in [0.15, 0.2) is 0 Å². The summed E-state index contributed by atoms with van der Waals surface area (Å²) < 4.78 is 0. The largest absolute Gasteiger partial charge is 0.316 e. The van der Waals surface area contributed by atoms with Crippen LogP contribution < -0.4 is 5.32 Å². The highest BCUT2D eigenvalue weighted by Crippen LogP contribution is 2.24. The molecule has 0 spiro atoms. The van der Waals surface area contributed by atoms with Gasteiger partial charge in [0.1, 0.15) is 0 Å². The molecule has 2 heteroatoms. The highest BCUT2D eigenvalue weighted by atomic mass is 79.9. The van der Waals surface area contributed by atoms with Gasteiger partial charge in [-0.15, -0.1) is 0 Å². The molecule has 0 heterocycles. The van der Waals surface area contributed by atoms with Crippen LogP contribution in [0.4, 0.5) is 0 Å². The highest BCUT2D eigenvalue weighted by molar-refractivity contribution is 9.09. The van der Waals surface area contributed by atoms with Crippen molar-refractivity contribution < 1.29 is 0 Å². The first-order valence-electron chi connectivity index (χ1n) is 3.70. The van der Waals surface area contributed by atoms with Crippen LogP contribution in [0, 0.1) is 5.92 Å². The van der Waals surface area contributed by atoms with Gasteiger partial charge in [0.05, 0.1) is 0 Å². The second-order valence-electron chi connectivity index (χ2n) is 2.69. The Morgan fingerprint density at radius 2 is 2.22 bits per heavy atom. The topological polar surface area (TPSA) is 12.0 Å². The number of hydrogen-bond donors (Lipinski definition) is 1. The van der Waals surface area contributed by atoms with Crippen LogP contribution in [0.5, 0.6) is 0 Å². The van der Waals surface area contributed by atoms with Gasteiger partial charge in [0.25, 0.3) is 0 Å². The maximum absolute atomic E-state index is 3.39. The van der Waals surface area contributed by atoms with Crippen molar-refractivity contribution in [3.8, 4) is 0 Å². The first-order valence-corrected chi connectivity index (χ1v) is 4.82. The molecule has 54 valence electrons. The van der Waals surface area contributed by atoms with Crippen LogP contribution in [0.1, 0.15) is 19.3 Å². The predicted octanol–water partition coefficient (Wildman–Crippen LogP) is 1.77. The summed E-state index contributed by atoms with van der Waals surface area (Å²) in [4.78, 5) is 0. The van der Waals surface area contributed by atoms with E-state index in [0.29, 0.717) is 0 Å². The van der Waals surface area contributed by atoms with Crippen LogP contribution >= 0.6 is 15.9 Å². The van der Waals surface area contributed by atoms with Gasteiger partial charge in [-0.25, -0.2) is 0 Å². The van der Waals surface area contributed by atoms with Gasteiger partial charge in [0.2, 0.25) is 0 Å². The molecule has 0 radical (unpaired) electrons. The summed E-state index contributed by atoms with van der Waals surface area (Å²) in [6.07, 6.45) is 4.37. The van der Waals surface area contributed by atoms with E-state index in [9.17, 15) is 0 Å². The lowest BCUT2D eigenvalue weighted by Gasteiger charge is -2.25. The lowest BCUT2D eigenvalue weighted by Crippen LogP contribution is -2.28. The first-order chi connectivity index (χ1) is 4.43. The molecule has 1 saturated carbocycles. The van der Waals surface area contributed by atoms with Gasteiger partial charge in [0.15, 0.2) is 0 Å². The highest BCUT2D eigenvalue weighted by Gasteiger charge is 2.15. The Hall–Kier alpha value is 0.440. The Labute approximate surface area is 65.3 Å². The second kappa shape index (κ2) is 4.29. The number of rotatable bonds is 4. The van der Waals surface area contributed by atoms with Crippen molar-refractivity contribution >= 4 is 15.9 Å². The maximum atomic E-state index is 3.39. The van der Waals surface area contributed by atoms with Gasteiger partial charge in [0, 0.05) is 11.9 Å². The predicted molar refractivity (Wildman–Crippen MR) is 44.0 cm³/mol. The summed E-state index contributed by atoms with van der Waals surface area (Å²) in [6, 6.07) is 0. The quantitative estimate of drug-likeness (QED) is 0.528. The molecule has 0 aromatic rings. The molecule has 0 unspecified atom stereocenters. The summed E-state index contributed by atoms with van der Waals surface area (Å²) in [5, 5.41) is 4.47. The molecule has 1 aliphatic rings. The van der Waals surface area contributed by atoms with Crippen LogP contribution in [-0.4, -0.2) is 18.4 Å². The van der Waals surface area contributed by atoms with Crippen molar-refractivity contribution in [2.24, 2.45) is 5.92 Å². The molecule has 0 bridgehead atoms. The van der Waals surface area contributed by atoms with E-state index in [-0.39, 0.29) is 0 Å². The summed E-state index contributed by atoms with van der Waals surface area (Å²) in [6.45, 7) is 2.36. The molecule has 0 amide bonds. The Balaban J connectivity index is 1.80. The van der Waals surface area contributed by atoms with Crippen molar-refractivity contribution in [1.29, 1.82) is 0 Å². The molecule has 1 aliphatic carbocycles. The van der Waals surface area contributed by atoms with Crippen LogP contribution in [0.2, 0.25) is 0 Å². The molecular weight excluding hydrogens is 178 g/mol. The van der Waals surface area contributed by atoms with E-state index < -0.39 is 0 Å². The SMILES string of the molecule is BrCCNCC1CCC1. The van der Waals surface area contributed by atoms with Crippen LogP contribution in [0.3, 0.4) is 0 Å². The third kappa shape index (κ3) is 2.67. The van der Waals surface area contributed by atoms with Gasteiger partial charge in [-0.1, -0.05) is 22.4 Å². The summed E-state index contributed by atoms with van der Waals surface area (Å²) in [5.41, 5.74) is 0. The molecule has 1 nitrogen and oxygen atoms in total. The molecule has 0 aromatic carbocycles.